The molecule has 146 valence electrons. The van der Waals surface area contributed by atoms with Gasteiger partial charge in [-0.25, -0.2) is 0 Å². The summed E-state index contributed by atoms with van der Waals surface area (Å²) in [5, 5.41) is 13.6. The Balaban J connectivity index is 2.17. The van der Waals surface area contributed by atoms with Gasteiger partial charge in [-0.15, -0.1) is 0 Å². The summed E-state index contributed by atoms with van der Waals surface area (Å²) in [6.45, 7) is 0.111. The molecule has 0 heterocycles. The van der Waals surface area contributed by atoms with Crippen molar-refractivity contribution in [3.05, 3.63) is 71.3 Å². The third kappa shape index (κ3) is 6.13. The Morgan fingerprint density at radius 1 is 1.07 bits per heavy atom. The molecular formula is C20H18F3N3O2. The summed E-state index contributed by atoms with van der Waals surface area (Å²) in [5.41, 5.74) is -0.372. The predicted molar refractivity (Wildman–Crippen MR) is 96.1 cm³/mol. The highest BCUT2D eigenvalue weighted by Gasteiger charge is 2.31. The van der Waals surface area contributed by atoms with Crippen molar-refractivity contribution in [1.29, 1.82) is 5.26 Å². The van der Waals surface area contributed by atoms with Gasteiger partial charge in [0.25, 0.3) is 5.91 Å². The van der Waals surface area contributed by atoms with Gasteiger partial charge < -0.3 is 10.6 Å². The van der Waals surface area contributed by atoms with Crippen LogP contribution in [-0.4, -0.2) is 24.4 Å². The van der Waals surface area contributed by atoms with Crippen LogP contribution in [-0.2, 0) is 17.4 Å². The highest BCUT2D eigenvalue weighted by Crippen LogP contribution is 2.29. The van der Waals surface area contributed by atoms with Crippen LogP contribution in [0, 0.1) is 11.3 Å². The molecule has 2 amide bonds. The largest absolute Gasteiger partial charge is 0.416 e. The summed E-state index contributed by atoms with van der Waals surface area (Å²) in [7, 11) is 0. The second kappa shape index (κ2) is 9.55. The normalized spacial score (nSPS) is 11.9. The van der Waals surface area contributed by atoms with E-state index < -0.39 is 29.6 Å². The van der Waals surface area contributed by atoms with Crippen LogP contribution >= 0.6 is 0 Å². The molecule has 0 saturated carbocycles. The maximum absolute atomic E-state index is 12.9. The molecule has 2 aromatic carbocycles. The Morgan fingerprint density at radius 3 is 2.43 bits per heavy atom. The zero-order chi connectivity index (χ0) is 20.6. The third-order valence-electron chi connectivity index (χ3n) is 3.89. The van der Waals surface area contributed by atoms with Crippen LogP contribution in [0.2, 0.25) is 0 Å². The van der Waals surface area contributed by atoms with Crippen molar-refractivity contribution in [3.63, 3.8) is 0 Å². The summed E-state index contributed by atoms with van der Waals surface area (Å²) < 4.78 is 38.6. The van der Waals surface area contributed by atoms with Crippen molar-refractivity contribution in [2.24, 2.45) is 0 Å². The van der Waals surface area contributed by atoms with E-state index in [2.05, 4.69) is 10.6 Å². The number of nitriles is 1. The van der Waals surface area contributed by atoms with Gasteiger partial charge in [0.05, 0.1) is 18.1 Å². The van der Waals surface area contributed by atoms with Gasteiger partial charge in [0, 0.05) is 18.5 Å². The second-order valence-electron chi connectivity index (χ2n) is 5.99. The lowest BCUT2D eigenvalue weighted by molar-refractivity contribution is -0.137. The minimum Gasteiger partial charge on any atom is -0.353 e. The van der Waals surface area contributed by atoms with Gasteiger partial charge in [-0.1, -0.05) is 36.4 Å². The van der Waals surface area contributed by atoms with Crippen molar-refractivity contribution in [2.45, 2.75) is 25.1 Å². The Morgan fingerprint density at radius 2 is 1.79 bits per heavy atom. The van der Waals surface area contributed by atoms with Crippen molar-refractivity contribution < 1.29 is 22.8 Å². The average Bonchev–Trinajstić information content (AvgIpc) is 2.67. The maximum atomic E-state index is 12.9. The quantitative estimate of drug-likeness (QED) is 0.714. The molecule has 0 radical (unpaired) electrons. The number of hydrogen-bond acceptors (Lipinski definition) is 3. The number of alkyl halides is 3. The molecular weight excluding hydrogens is 371 g/mol. The van der Waals surface area contributed by atoms with Gasteiger partial charge in [0.15, 0.2) is 0 Å². The zero-order valence-corrected chi connectivity index (χ0v) is 14.8. The van der Waals surface area contributed by atoms with Crippen LogP contribution in [0.5, 0.6) is 0 Å². The molecule has 0 aromatic heterocycles. The van der Waals surface area contributed by atoms with Gasteiger partial charge in [-0.3, -0.25) is 9.59 Å². The number of nitrogens with zero attached hydrogens (tertiary/aromatic N) is 1. The summed E-state index contributed by atoms with van der Waals surface area (Å²) in [6, 6.07) is 13.8. The Kier molecular flexibility index (Phi) is 7.15. The van der Waals surface area contributed by atoms with Gasteiger partial charge in [-0.2, -0.15) is 18.4 Å². The lowest BCUT2D eigenvalue weighted by atomic mass is 10.0. The first-order chi connectivity index (χ1) is 13.3. The molecule has 0 bridgehead atoms. The zero-order valence-electron chi connectivity index (χ0n) is 14.8. The number of carbonyl (C=O) groups is 2. The van der Waals surface area contributed by atoms with E-state index in [1.165, 1.54) is 6.07 Å². The highest BCUT2D eigenvalue weighted by atomic mass is 19.4. The smallest absolute Gasteiger partial charge is 0.353 e. The summed E-state index contributed by atoms with van der Waals surface area (Å²) >= 11 is 0. The lowest BCUT2D eigenvalue weighted by Gasteiger charge is -2.19. The van der Waals surface area contributed by atoms with E-state index in [0.717, 1.165) is 23.8 Å². The van der Waals surface area contributed by atoms with Gasteiger partial charge in [0.1, 0.15) is 6.04 Å². The molecule has 1 unspecified atom stereocenters. The van der Waals surface area contributed by atoms with Crippen molar-refractivity contribution in [2.75, 3.05) is 6.54 Å². The molecule has 28 heavy (non-hydrogen) atoms. The fourth-order valence-electron chi connectivity index (χ4n) is 2.50. The SMILES string of the molecule is N#CCCNC(=O)C(Cc1ccccc1)NC(=O)c1cccc(C(F)(F)F)c1. The average molecular weight is 389 g/mol. The van der Waals surface area contributed by atoms with Crippen LogP contribution in [0.1, 0.15) is 27.9 Å². The summed E-state index contributed by atoms with van der Waals surface area (Å²) in [4.78, 5) is 24.8. The molecule has 0 saturated heterocycles. The number of benzene rings is 2. The van der Waals surface area contributed by atoms with E-state index in [4.69, 9.17) is 5.26 Å². The van der Waals surface area contributed by atoms with Crippen molar-refractivity contribution >= 4 is 11.8 Å². The minimum absolute atomic E-state index is 0.103. The number of amides is 2. The molecule has 2 N–H and O–H groups in total. The fourth-order valence-corrected chi connectivity index (χ4v) is 2.50. The Bertz CT molecular complexity index is 861. The Hall–Kier alpha value is -3.34. The van der Waals surface area contributed by atoms with Crippen molar-refractivity contribution in [3.8, 4) is 6.07 Å². The van der Waals surface area contributed by atoms with Gasteiger partial charge in [-0.05, 0) is 23.8 Å². The van der Waals surface area contributed by atoms with Crippen LogP contribution in [0.3, 0.4) is 0 Å². The maximum Gasteiger partial charge on any atom is 0.416 e. The third-order valence-corrected chi connectivity index (χ3v) is 3.89. The molecule has 2 rings (SSSR count). The standard InChI is InChI=1S/C20H18F3N3O2/c21-20(22,23)16-9-4-8-15(13-16)18(27)26-17(19(28)25-11-5-10-24)12-14-6-2-1-3-7-14/h1-4,6-9,13,17H,5,11-12H2,(H,25,28)(H,26,27). The van der Waals surface area contributed by atoms with Crippen LogP contribution < -0.4 is 10.6 Å². The molecule has 0 aliphatic carbocycles. The molecule has 5 nitrogen and oxygen atoms in total. The monoisotopic (exact) mass is 389 g/mol. The van der Waals surface area contributed by atoms with Gasteiger partial charge >= 0.3 is 6.18 Å². The van der Waals surface area contributed by atoms with Crippen LogP contribution in [0.25, 0.3) is 0 Å². The summed E-state index contributed by atoms with van der Waals surface area (Å²) in [5.74, 6) is -1.30. The second-order valence-corrected chi connectivity index (χ2v) is 5.99. The van der Waals surface area contributed by atoms with E-state index in [9.17, 15) is 22.8 Å². The molecule has 0 fully saturated rings. The fraction of sp³-hybridized carbons (Fsp3) is 0.250. The molecule has 0 aliphatic rings. The summed E-state index contributed by atoms with van der Waals surface area (Å²) in [6.07, 6.45) is -4.32. The number of halogens is 3. The van der Waals surface area contributed by atoms with E-state index >= 15 is 0 Å². The molecule has 1 atom stereocenters. The van der Waals surface area contributed by atoms with Gasteiger partial charge in [0.2, 0.25) is 5.91 Å². The van der Waals surface area contributed by atoms with E-state index in [-0.39, 0.29) is 24.9 Å². The number of carbonyl (C=O) groups excluding carboxylic acids is 2. The number of rotatable bonds is 7. The molecule has 8 heteroatoms. The molecule has 0 spiro atoms. The van der Waals surface area contributed by atoms with E-state index in [0.29, 0.717) is 0 Å². The predicted octanol–water partition coefficient (Wildman–Crippen LogP) is 3.08. The molecule has 2 aromatic rings. The topological polar surface area (TPSA) is 82.0 Å². The van der Waals surface area contributed by atoms with Crippen LogP contribution in [0.15, 0.2) is 54.6 Å². The first-order valence-electron chi connectivity index (χ1n) is 8.48. The van der Waals surface area contributed by atoms with E-state index in [1.54, 1.807) is 30.3 Å². The first kappa shape index (κ1) is 21.0. The Labute approximate surface area is 160 Å². The minimum atomic E-state index is -4.58. The van der Waals surface area contributed by atoms with E-state index in [1.807, 2.05) is 6.07 Å². The first-order valence-corrected chi connectivity index (χ1v) is 8.48. The number of nitrogens with one attached hydrogen (secondary N) is 2. The molecule has 0 aliphatic heterocycles. The lowest BCUT2D eigenvalue weighted by Crippen LogP contribution is -2.48. The number of hydrogen-bond donors (Lipinski definition) is 2. The van der Waals surface area contributed by atoms with Crippen LogP contribution in [0.4, 0.5) is 13.2 Å². The highest BCUT2D eigenvalue weighted by molar-refractivity contribution is 5.97. The van der Waals surface area contributed by atoms with Crippen molar-refractivity contribution in [1.82, 2.24) is 10.6 Å².